The Morgan fingerprint density at radius 2 is 2.00 bits per heavy atom. The third-order valence-corrected chi connectivity index (χ3v) is 4.27. The van der Waals surface area contributed by atoms with Crippen molar-refractivity contribution < 1.29 is 14.6 Å². The van der Waals surface area contributed by atoms with Crippen LogP contribution in [-0.4, -0.2) is 23.3 Å². The number of aliphatic hydroxyl groups is 1. The van der Waals surface area contributed by atoms with E-state index >= 15 is 0 Å². The number of hydrogen-bond donors (Lipinski definition) is 1. The zero-order valence-corrected chi connectivity index (χ0v) is 12.1. The molecule has 0 radical (unpaired) electrons. The Morgan fingerprint density at radius 3 is 2.61 bits per heavy atom. The lowest BCUT2D eigenvalue weighted by Gasteiger charge is -2.30. The molecule has 3 heteroatoms. The number of hydrogen-bond acceptors (Lipinski definition) is 3. The van der Waals surface area contributed by atoms with Gasteiger partial charge in [-0.2, -0.15) is 0 Å². The summed E-state index contributed by atoms with van der Waals surface area (Å²) in [4.78, 5) is 11.8. The summed E-state index contributed by atoms with van der Waals surface area (Å²) in [6.45, 7) is 5.95. The summed E-state index contributed by atoms with van der Waals surface area (Å²) in [5.41, 5.74) is -1.31. The Bertz CT molecular complexity index is 260. The van der Waals surface area contributed by atoms with Crippen LogP contribution in [0.2, 0.25) is 0 Å². The highest BCUT2D eigenvalue weighted by molar-refractivity contribution is 5.79. The Hall–Kier alpha value is -0.570. The maximum absolute atomic E-state index is 11.8. The number of ether oxygens (including phenoxy) is 1. The van der Waals surface area contributed by atoms with Gasteiger partial charge >= 0.3 is 5.97 Å². The van der Waals surface area contributed by atoms with Crippen LogP contribution in [0.15, 0.2) is 0 Å². The van der Waals surface area contributed by atoms with Crippen LogP contribution in [0.1, 0.15) is 65.7 Å². The van der Waals surface area contributed by atoms with Gasteiger partial charge in [-0.15, -0.1) is 0 Å². The molecule has 1 N–H and O–H groups in total. The van der Waals surface area contributed by atoms with Crippen molar-refractivity contribution in [1.82, 2.24) is 0 Å². The molecular weight excluding hydrogens is 228 g/mol. The summed E-state index contributed by atoms with van der Waals surface area (Å²) in [5, 5.41) is 10.4. The van der Waals surface area contributed by atoms with Crippen LogP contribution in [0, 0.1) is 11.8 Å². The van der Waals surface area contributed by atoms with Gasteiger partial charge in [0.05, 0.1) is 6.61 Å². The first-order valence-corrected chi connectivity index (χ1v) is 7.41. The van der Waals surface area contributed by atoms with Gasteiger partial charge in [-0.05, 0) is 38.5 Å². The molecule has 0 amide bonds. The molecule has 0 aromatic heterocycles. The minimum atomic E-state index is -1.31. The minimum absolute atomic E-state index is 0.0541. The third kappa shape index (κ3) is 3.98. The van der Waals surface area contributed by atoms with Crippen molar-refractivity contribution in [2.75, 3.05) is 6.61 Å². The van der Waals surface area contributed by atoms with E-state index in [0.29, 0.717) is 6.61 Å². The van der Waals surface area contributed by atoms with Gasteiger partial charge < -0.3 is 9.84 Å². The lowest BCUT2D eigenvalue weighted by molar-refractivity contribution is -0.169. The van der Waals surface area contributed by atoms with E-state index in [2.05, 4.69) is 6.92 Å². The fraction of sp³-hybridized carbons (Fsp3) is 0.933. The van der Waals surface area contributed by atoms with E-state index in [1.54, 1.807) is 13.8 Å². The van der Waals surface area contributed by atoms with Gasteiger partial charge in [0, 0.05) is 0 Å². The van der Waals surface area contributed by atoms with E-state index in [-0.39, 0.29) is 5.92 Å². The second kappa shape index (κ2) is 7.13. The van der Waals surface area contributed by atoms with Crippen molar-refractivity contribution in [3.63, 3.8) is 0 Å². The molecule has 1 rings (SSSR count). The normalized spacial score (nSPS) is 28.2. The van der Waals surface area contributed by atoms with Crippen molar-refractivity contribution in [1.29, 1.82) is 0 Å². The highest BCUT2D eigenvalue weighted by Gasteiger charge is 2.41. The van der Waals surface area contributed by atoms with Crippen molar-refractivity contribution in [3.8, 4) is 0 Å². The van der Waals surface area contributed by atoms with Gasteiger partial charge in [0.2, 0.25) is 0 Å². The number of rotatable bonds is 5. The van der Waals surface area contributed by atoms with E-state index in [4.69, 9.17) is 4.74 Å². The molecule has 0 bridgehead atoms. The molecule has 0 aliphatic heterocycles. The lowest BCUT2D eigenvalue weighted by atomic mass is 9.83. The van der Waals surface area contributed by atoms with Crippen LogP contribution in [-0.2, 0) is 9.53 Å². The maximum Gasteiger partial charge on any atom is 0.338 e. The van der Waals surface area contributed by atoms with Crippen LogP contribution in [0.4, 0.5) is 0 Å². The molecule has 3 nitrogen and oxygen atoms in total. The highest BCUT2D eigenvalue weighted by Crippen LogP contribution is 2.36. The van der Waals surface area contributed by atoms with Gasteiger partial charge in [0.1, 0.15) is 0 Å². The quantitative estimate of drug-likeness (QED) is 0.606. The molecular formula is C15H28O3. The summed E-state index contributed by atoms with van der Waals surface area (Å²) in [7, 11) is 0. The average molecular weight is 256 g/mol. The highest BCUT2D eigenvalue weighted by atomic mass is 16.5. The van der Waals surface area contributed by atoms with E-state index in [0.717, 1.165) is 31.6 Å². The Kier molecular flexibility index (Phi) is 6.13. The lowest BCUT2D eigenvalue weighted by Crippen LogP contribution is -2.44. The van der Waals surface area contributed by atoms with Gasteiger partial charge in [-0.3, -0.25) is 0 Å². The predicted molar refractivity (Wildman–Crippen MR) is 72.2 cm³/mol. The van der Waals surface area contributed by atoms with Gasteiger partial charge in [0.25, 0.3) is 0 Å². The number of carbonyl (C=O) groups is 1. The van der Waals surface area contributed by atoms with Gasteiger partial charge in [-0.1, -0.05) is 39.0 Å². The van der Waals surface area contributed by atoms with E-state index in [1.807, 2.05) is 0 Å². The molecule has 3 unspecified atom stereocenters. The minimum Gasteiger partial charge on any atom is -0.464 e. The molecule has 1 aliphatic carbocycles. The van der Waals surface area contributed by atoms with Crippen molar-refractivity contribution >= 4 is 5.97 Å². The molecule has 1 saturated carbocycles. The summed E-state index contributed by atoms with van der Waals surface area (Å²) in [6, 6.07) is 0. The summed E-state index contributed by atoms with van der Waals surface area (Å²) >= 11 is 0. The molecule has 18 heavy (non-hydrogen) atoms. The number of carbonyl (C=O) groups excluding carboxylic acids is 1. The SMILES string of the molecule is CCCC1CCCC(C(C)(O)C(=O)OCC)CC1. The summed E-state index contributed by atoms with van der Waals surface area (Å²) in [6.07, 6.45) is 7.86. The molecule has 106 valence electrons. The Labute approximate surface area is 111 Å². The fourth-order valence-electron chi connectivity index (χ4n) is 3.08. The smallest absolute Gasteiger partial charge is 0.338 e. The molecule has 1 aliphatic rings. The molecule has 0 aromatic carbocycles. The fourth-order valence-corrected chi connectivity index (χ4v) is 3.08. The van der Waals surface area contributed by atoms with Crippen LogP contribution >= 0.6 is 0 Å². The second-order valence-corrected chi connectivity index (χ2v) is 5.73. The average Bonchev–Trinajstić information content (AvgIpc) is 2.56. The standard InChI is InChI=1S/C15H28O3/c1-4-7-12-8-6-9-13(11-10-12)15(3,17)14(16)18-5-2/h12-13,17H,4-11H2,1-3H3. The molecule has 0 heterocycles. The molecule has 1 fully saturated rings. The first-order chi connectivity index (χ1) is 8.52. The second-order valence-electron chi connectivity index (χ2n) is 5.73. The monoisotopic (exact) mass is 256 g/mol. The molecule has 0 aromatic rings. The zero-order chi connectivity index (χ0) is 13.6. The van der Waals surface area contributed by atoms with Gasteiger partial charge in [-0.25, -0.2) is 4.79 Å². The largest absolute Gasteiger partial charge is 0.464 e. The summed E-state index contributed by atoms with van der Waals surface area (Å²) < 4.78 is 4.99. The maximum atomic E-state index is 11.8. The molecule has 3 atom stereocenters. The Balaban J connectivity index is 2.58. The first kappa shape index (κ1) is 15.5. The topological polar surface area (TPSA) is 46.5 Å². The molecule has 0 spiro atoms. The van der Waals surface area contributed by atoms with Crippen LogP contribution in [0.5, 0.6) is 0 Å². The first-order valence-electron chi connectivity index (χ1n) is 7.41. The van der Waals surface area contributed by atoms with Crippen molar-refractivity contribution in [2.24, 2.45) is 11.8 Å². The molecule has 0 saturated heterocycles. The predicted octanol–water partition coefficient (Wildman–Crippen LogP) is 3.30. The van der Waals surface area contributed by atoms with Gasteiger partial charge in [0.15, 0.2) is 5.60 Å². The van der Waals surface area contributed by atoms with Crippen LogP contribution in [0.3, 0.4) is 0 Å². The van der Waals surface area contributed by atoms with Crippen molar-refractivity contribution in [3.05, 3.63) is 0 Å². The zero-order valence-electron chi connectivity index (χ0n) is 12.1. The summed E-state index contributed by atoms with van der Waals surface area (Å²) in [5.74, 6) is 0.375. The Morgan fingerprint density at radius 1 is 1.28 bits per heavy atom. The van der Waals surface area contributed by atoms with E-state index in [1.165, 1.54) is 19.3 Å². The van der Waals surface area contributed by atoms with E-state index < -0.39 is 11.6 Å². The van der Waals surface area contributed by atoms with E-state index in [9.17, 15) is 9.90 Å². The van der Waals surface area contributed by atoms with Crippen LogP contribution < -0.4 is 0 Å². The number of esters is 1. The van der Waals surface area contributed by atoms with Crippen molar-refractivity contribution in [2.45, 2.75) is 71.3 Å². The van der Waals surface area contributed by atoms with Crippen LogP contribution in [0.25, 0.3) is 0 Å². The third-order valence-electron chi connectivity index (χ3n) is 4.27.